The van der Waals surface area contributed by atoms with E-state index in [0.717, 1.165) is 5.56 Å². The number of phenolic OH excluding ortho intramolecular Hbond substituents is 1. The summed E-state index contributed by atoms with van der Waals surface area (Å²) < 4.78 is 15.0. The van der Waals surface area contributed by atoms with Crippen LogP contribution in [-0.4, -0.2) is 14.7 Å². The lowest BCUT2D eigenvalue weighted by molar-refractivity contribution is 0.476. The number of fused-ring (bicyclic) bond motifs is 1. The number of rotatable bonds is 4. The lowest BCUT2D eigenvalue weighted by Crippen LogP contribution is -2.24. The molecular weight excluding hydrogens is 379 g/mol. The average molecular weight is 395 g/mol. The highest BCUT2D eigenvalue weighted by atomic mass is 35.5. The molecule has 0 aliphatic rings. The second kappa shape index (κ2) is 7.44. The minimum Gasteiger partial charge on any atom is -0.507 e. The molecule has 140 valence electrons. The van der Waals surface area contributed by atoms with Crippen LogP contribution in [0.1, 0.15) is 5.56 Å². The van der Waals surface area contributed by atoms with Crippen LogP contribution in [0.3, 0.4) is 0 Å². The Kier molecular flexibility index (Phi) is 4.84. The number of aromatic hydroxyl groups is 1. The van der Waals surface area contributed by atoms with Gasteiger partial charge in [-0.25, -0.2) is 9.37 Å². The van der Waals surface area contributed by atoms with Crippen LogP contribution in [0.25, 0.3) is 22.3 Å². The molecule has 4 nitrogen and oxygen atoms in total. The van der Waals surface area contributed by atoms with Gasteiger partial charge in [-0.15, -0.1) is 0 Å². The van der Waals surface area contributed by atoms with E-state index in [1.807, 2.05) is 0 Å². The molecule has 0 unspecified atom stereocenters. The van der Waals surface area contributed by atoms with Gasteiger partial charge < -0.3 is 5.11 Å². The van der Waals surface area contributed by atoms with Crippen LogP contribution >= 0.6 is 11.6 Å². The molecule has 0 amide bonds. The molecule has 0 aliphatic heterocycles. The topological polar surface area (TPSA) is 55.1 Å². The summed E-state index contributed by atoms with van der Waals surface area (Å²) in [6, 6.07) is 17.9. The van der Waals surface area contributed by atoms with E-state index in [-0.39, 0.29) is 23.7 Å². The van der Waals surface area contributed by atoms with E-state index in [9.17, 15) is 14.3 Å². The Labute approximate surface area is 165 Å². The Hall–Kier alpha value is -3.18. The molecule has 3 aromatic carbocycles. The third kappa shape index (κ3) is 3.49. The molecule has 1 N–H and O–H groups in total. The second-order valence-electron chi connectivity index (χ2n) is 6.45. The summed E-state index contributed by atoms with van der Waals surface area (Å²) >= 11 is 6.06. The highest BCUT2D eigenvalue weighted by Crippen LogP contribution is 2.28. The van der Waals surface area contributed by atoms with Gasteiger partial charge in [0.25, 0.3) is 5.56 Å². The fraction of sp³-hybridized carbons (Fsp3) is 0.0909. The van der Waals surface area contributed by atoms with Crippen LogP contribution in [0.4, 0.5) is 4.39 Å². The predicted octanol–water partition coefficient (Wildman–Crippen LogP) is 4.80. The molecule has 28 heavy (non-hydrogen) atoms. The highest BCUT2D eigenvalue weighted by Gasteiger charge is 2.16. The van der Waals surface area contributed by atoms with Crippen molar-refractivity contribution >= 4 is 22.5 Å². The zero-order valence-corrected chi connectivity index (χ0v) is 15.5. The third-order valence-corrected chi connectivity index (χ3v) is 4.81. The number of phenols is 1. The molecule has 6 heteroatoms. The maximum atomic E-state index is 13.5. The summed E-state index contributed by atoms with van der Waals surface area (Å²) in [6.07, 6.45) is 0.437. The van der Waals surface area contributed by atoms with E-state index in [2.05, 4.69) is 4.98 Å². The summed E-state index contributed by atoms with van der Waals surface area (Å²) in [4.78, 5) is 17.8. The van der Waals surface area contributed by atoms with Gasteiger partial charge in [-0.3, -0.25) is 9.36 Å². The number of nitrogens with zero attached hydrogens (tertiary/aromatic N) is 2. The van der Waals surface area contributed by atoms with Crippen molar-refractivity contribution in [3.63, 3.8) is 0 Å². The number of hydrogen-bond donors (Lipinski definition) is 1. The van der Waals surface area contributed by atoms with Crippen molar-refractivity contribution in [3.8, 4) is 17.1 Å². The first-order valence-corrected chi connectivity index (χ1v) is 9.13. The zero-order chi connectivity index (χ0) is 19.7. The minimum absolute atomic E-state index is 0.0298. The van der Waals surface area contributed by atoms with Crippen molar-refractivity contribution in [1.29, 1.82) is 0 Å². The SMILES string of the molecule is O=c1c2cc(Cl)ccc2nc(-c2ccccc2O)n1CCc1cccc(F)c1. The van der Waals surface area contributed by atoms with Crippen molar-refractivity contribution in [3.05, 3.63) is 93.5 Å². The van der Waals surface area contributed by atoms with Crippen molar-refractivity contribution in [1.82, 2.24) is 9.55 Å². The van der Waals surface area contributed by atoms with Crippen LogP contribution in [0.5, 0.6) is 5.75 Å². The third-order valence-electron chi connectivity index (χ3n) is 4.57. The maximum absolute atomic E-state index is 13.5. The minimum atomic E-state index is -0.325. The Morgan fingerprint density at radius 2 is 1.86 bits per heavy atom. The van der Waals surface area contributed by atoms with E-state index < -0.39 is 0 Å². The summed E-state index contributed by atoms with van der Waals surface area (Å²) in [5.41, 5.74) is 1.45. The Morgan fingerprint density at radius 3 is 2.64 bits per heavy atom. The molecule has 0 bridgehead atoms. The molecule has 0 spiro atoms. The first-order valence-electron chi connectivity index (χ1n) is 8.76. The average Bonchev–Trinajstić information content (AvgIpc) is 2.68. The van der Waals surface area contributed by atoms with Crippen LogP contribution in [0.15, 0.2) is 71.5 Å². The smallest absolute Gasteiger partial charge is 0.261 e. The van der Waals surface area contributed by atoms with E-state index >= 15 is 0 Å². The number of benzene rings is 3. The monoisotopic (exact) mass is 394 g/mol. The van der Waals surface area contributed by atoms with Gasteiger partial charge in [0, 0.05) is 11.6 Å². The first-order chi connectivity index (χ1) is 13.5. The summed E-state index contributed by atoms with van der Waals surface area (Å²) in [5.74, 6) is 0.0609. The number of halogens is 2. The zero-order valence-electron chi connectivity index (χ0n) is 14.8. The van der Waals surface area contributed by atoms with Gasteiger partial charge in [-0.2, -0.15) is 0 Å². The second-order valence-corrected chi connectivity index (χ2v) is 6.89. The summed E-state index contributed by atoms with van der Waals surface area (Å²) in [7, 11) is 0. The van der Waals surface area contributed by atoms with Crippen LogP contribution in [-0.2, 0) is 13.0 Å². The number of para-hydroxylation sites is 1. The van der Waals surface area contributed by atoms with E-state index in [1.54, 1.807) is 54.6 Å². The molecule has 0 fully saturated rings. The van der Waals surface area contributed by atoms with Gasteiger partial charge in [0.2, 0.25) is 0 Å². The fourth-order valence-corrected chi connectivity index (χ4v) is 3.37. The summed E-state index contributed by atoms with van der Waals surface area (Å²) in [6.45, 7) is 0.279. The van der Waals surface area contributed by atoms with Crippen molar-refractivity contribution in [2.24, 2.45) is 0 Å². The summed E-state index contributed by atoms with van der Waals surface area (Å²) in [5, 5.41) is 11.1. The first kappa shape index (κ1) is 18.2. The van der Waals surface area contributed by atoms with Crippen molar-refractivity contribution < 1.29 is 9.50 Å². The number of hydrogen-bond acceptors (Lipinski definition) is 3. The quantitative estimate of drug-likeness (QED) is 0.540. The normalized spacial score (nSPS) is 11.1. The van der Waals surface area contributed by atoms with Gasteiger partial charge in [0.1, 0.15) is 17.4 Å². The van der Waals surface area contributed by atoms with Gasteiger partial charge in [-0.1, -0.05) is 35.9 Å². The van der Waals surface area contributed by atoms with Crippen molar-refractivity contribution in [2.75, 3.05) is 0 Å². The van der Waals surface area contributed by atoms with E-state index in [4.69, 9.17) is 11.6 Å². The highest BCUT2D eigenvalue weighted by molar-refractivity contribution is 6.31. The lowest BCUT2D eigenvalue weighted by atomic mass is 10.1. The van der Waals surface area contributed by atoms with Gasteiger partial charge in [-0.05, 0) is 54.4 Å². The molecule has 4 aromatic rings. The number of aryl methyl sites for hydroxylation is 1. The Bertz CT molecular complexity index is 1240. The fourth-order valence-electron chi connectivity index (χ4n) is 3.20. The lowest BCUT2D eigenvalue weighted by Gasteiger charge is -2.15. The molecule has 0 radical (unpaired) electrons. The van der Waals surface area contributed by atoms with E-state index in [0.29, 0.717) is 33.7 Å². The van der Waals surface area contributed by atoms with Crippen molar-refractivity contribution in [2.45, 2.75) is 13.0 Å². The molecule has 1 aromatic heterocycles. The molecule has 0 atom stereocenters. The van der Waals surface area contributed by atoms with Gasteiger partial charge in [0.15, 0.2) is 0 Å². The largest absolute Gasteiger partial charge is 0.507 e. The molecule has 0 saturated carbocycles. The molecular formula is C22H16ClFN2O2. The predicted molar refractivity (Wildman–Crippen MR) is 108 cm³/mol. The Balaban J connectivity index is 1.88. The standard InChI is InChI=1S/C22H16ClFN2O2/c23-15-8-9-19-18(13-15)22(28)26(11-10-14-4-3-5-16(24)12-14)21(25-19)17-6-1-2-7-20(17)27/h1-9,12-13,27H,10-11H2. The maximum Gasteiger partial charge on any atom is 0.261 e. The van der Waals surface area contributed by atoms with Gasteiger partial charge >= 0.3 is 0 Å². The van der Waals surface area contributed by atoms with Crippen LogP contribution < -0.4 is 5.56 Å². The van der Waals surface area contributed by atoms with E-state index in [1.165, 1.54) is 16.7 Å². The molecule has 0 aliphatic carbocycles. The molecule has 0 saturated heterocycles. The Morgan fingerprint density at radius 1 is 1.04 bits per heavy atom. The van der Waals surface area contributed by atoms with Crippen LogP contribution in [0, 0.1) is 5.82 Å². The molecule has 4 rings (SSSR count). The molecule has 1 heterocycles. The van der Waals surface area contributed by atoms with Gasteiger partial charge in [0.05, 0.1) is 16.5 Å². The number of aromatic nitrogens is 2. The van der Waals surface area contributed by atoms with Crippen LogP contribution in [0.2, 0.25) is 5.02 Å².